The molecule has 0 bridgehead atoms. The van der Waals surface area contributed by atoms with Crippen molar-refractivity contribution in [3.63, 3.8) is 0 Å². The van der Waals surface area contributed by atoms with E-state index in [0.717, 1.165) is 6.07 Å². The second-order valence-electron chi connectivity index (χ2n) is 6.78. The van der Waals surface area contributed by atoms with Crippen molar-refractivity contribution < 1.29 is 27.5 Å². The Kier molecular flexibility index (Phi) is 5.37. The minimum absolute atomic E-state index is 0.0117. The number of nitrogens with zero attached hydrogens (tertiary/aromatic N) is 3. The predicted octanol–water partition coefficient (Wildman–Crippen LogP) is 3.65. The Hall–Kier alpha value is -3.82. The molecule has 0 spiro atoms. The van der Waals surface area contributed by atoms with Crippen molar-refractivity contribution >= 4 is 23.2 Å². The Bertz CT molecular complexity index is 1110. The van der Waals surface area contributed by atoms with Gasteiger partial charge in [-0.2, -0.15) is 18.3 Å². The summed E-state index contributed by atoms with van der Waals surface area (Å²) in [5.74, 6) is -0.462. The molecule has 3 aromatic rings. The highest BCUT2D eigenvalue weighted by molar-refractivity contribution is 5.99. The molecule has 1 aliphatic rings. The second-order valence-corrected chi connectivity index (χ2v) is 6.78. The fraction of sp³-hybridized carbons (Fsp3) is 0.190. The summed E-state index contributed by atoms with van der Waals surface area (Å²) >= 11 is 0. The number of ether oxygens (including phenoxy) is 1. The molecular weight excluding hydrogens is 413 g/mol. The fourth-order valence-electron chi connectivity index (χ4n) is 3.26. The summed E-state index contributed by atoms with van der Waals surface area (Å²) in [5, 5.41) is 6.23. The van der Waals surface area contributed by atoms with Crippen LogP contribution in [0.25, 0.3) is 5.69 Å². The van der Waals surface area contributed by atoms with Crippen LogP contribution in [-0.4, -0.2) is 34.7 Å². The number of fused-ring (bicyclic) bond motifs is 1. The fourth-order valence-corrected chi connectivity index (χ4v) is 3.26. The van der Waals surface area contributed by atoms with Gasteiger partial charge in [0, 0.05) is 25.4 Å². The highest BCUT2D eigenvalue weighted by Gasteiger charge is 2.34. The Morgan fingerprint density at radius 2 is 1.97 bits per heavy atom. The molecule has 0 unspecified atom stereocenters. The van der Waals surface area contributed by atoms with E-state index < -0.39 is 17.6 Å². The standard InChI is InChI=1S/C21H17F3N4O3/c22-21(23,24)15-12-14(28-10-3-9-25-28)6-7-16(15)26-19(29)8-11-27-17-4-1-2-5-18(17)31-13-20(27)30/h1-7,9-10,12H,8,11,13H2,(H,26,29). The van der Waals surface area contributed by atoms with Gasteiger partial charge in [-0.05, 0) is 36.4 Å². The maximum Gasteiger partial charge on any atom is 0.418 e. The molecule has 10 heteroatoms. The van der Waals surface area contributed by atoms with Crippen LogP contribution in [0, 0.1) is 0 Å². The number of halogens is 3. The van der Waals surface area contributed by atoms with E-state index >= 15 is 0 Å². The zero-order valence-corrected chi connectivity index (χ0v) is 16.1. The van der Waals surface area contributed by atoms with Crippen molar-refractivity contribution in [2.75, 3.05) is 23.4 Å². The van der Waals surface area contributed by atoms with Crippen LogP contribution in [0.1, 0.15) is 12.0 Å². The summed E-state index contributed by atoms with van der Waals surface area (Å²) in [6.45, 7) is -0.149. The van der Waals surface area contributed by atoms with Gasteiger partial charge in [0.15, 0.2) is 6.61 Å². The van der Waals surface area contributed by atoms with Crippen molar-refractivity contribution in [2.24, 2.45) is 0 Å². The van der Waals surface area contributed by atoms with Crippen LogP contribution in [0.4, 0.5) is 24.5 Å². The number of para-hydroxylation sites is 2. The lowest BCUT2D eigenvalue weighted by atomic mass is 10.1. The smallest absolute Gasteiger partial charge is 0.418 e. The third-order valence-electron chi connectivity index (χ3n) is 4.72. The third-order valence-corrected chi connectivity index (χ3v) is 4.72. The Labute approximate surface area is 175 Å². The monoisotopic (exact) mass is 430 g/mol. The van der Waals surface area contributed by atoms with Crippen molar-refractivity contribution in [1.82, 2.24) is 9.78 Å². The average molecular weight is 430 g/mol. The van der Waals surface area contributed by atoms with Gasteiger partial charge in [0.1, 0.15) is 5.75 Å². The number of rotatable bonds is 5. The molecule has 1 aromatic heterocycles. The van der Waals surface area contributed by atoms with Crippen LogP contribution in [-0.2, 0) is 15.8 Å². The molecule has 0 aliphatic carbocycles. The van der Waals surface area contributed by atoms with E-state index in [2.05, 4.69) is 10.4 Å². The first kappa shape index (κ1) is 20.5. The number of anilines is 2. The molecule has 0 radical (unpaired) electrons. The number of alkyl halides is 3. The van der Waals surface area contributed by atoms with E-state index in [1.165, 1.54) is 34.1 Å². The SMILES string of the molecule is O=C(CCN1C(=O)COc2ccccc21)Nc1ccc(-n2cccn2)cc1C(F)(F)F. The van der Waals surface area contributed by atoms with E-state index in [1.807, 2.05) is 0 Å². The summed E-state index contributed by atoms with van der Waals surface area (Å²) in [4.78, 5) is 26.0. The van der Waals surface area contributed by atoms with Gasteiger partial charge >= 0.3 is 6.18 Å². The maximum atomic E-state index is 13.6. The van der Waals surface area contributed by atoms with Gasteiger partial charge in [-0.25, -0.2) is 4.68 Å². The number of benzene rings is 2. The quantitative estimate of drug-likeness (QED) is 0.671. The topological polar surface area (TPSA) is 76.5 Å². The molecule has 0 atom stereocenters. The van der Waals surface area contributed by atoms with Crippen molar-refractivity contribution in [1.29, 1.82) is 0 Å². The normalized spacial score (nSPS) is 13.5. The molecule has 2 amide bonds. The molecular formula is C21H17F3N4O3. The summed E-state index contributed by atoms with van der Waals surface area (Å²) in [5.41, 5.74) is -0.610. The lowest BCUT2D eigenvalue weighted by molar-refractivity contribution is -0.137. The van der Waals surface area contributed by atoms with Crippen LogP contribution in [0.15, 0.2) is 60.9 Å². The van der Waals surface area contributed by atoms with Gasteiger partial charge < -0.3 is 15.0 Å². The number of carbonyl (C=O) groups excluding carboxylic acids is 2. The Morgan fingerprint density at radius 3 is 2.71 bits per heavy atom. The van der Waals surface area contributed by atoms with E-state index in [1.54, 1.807) is 30.3 Å². The number of nitrogens with one attached hydrogen (secondary N) is 1. The molecule has 31 heavy (non-hydrogen) atoms. The molecule has 0 fully saturated rings. The van der Waals surface area contributed by atoms with Crippen molar-refractivity contribution in [3.05, 3.63) is 66.5 Å². The lowest BCUT2D eigenvalue weighted by Crippen LogP contribution is -2.40. The molecule has 7 nitrogen and oxygen atoms in total. The Balaban J connectivity index is 1.49. The maximum absolute atomic E-state index is 13.6. The zero-order chi connectivity index (χ0) is 22.0. The van der Waals surface area contributed by atoms with Gasteiger partial charge in [-0.3, -0.25) is 9.59 Å². The van der Waals surface area contributed by atoms with Crippen molar-refractivity contribution in [2.45, 2.75) is 12.6 Å². The first-order valence-corrected chi connectivity index (χ1v) is 9.36. The van der Waals surface area contributed by atoms with Crippen LogP contribution >= 0.6 is 0 Å². The minimum atomic E-state index is -4.68. The van der Waals surface area contributed by atoms with Gasteiger partial charge in [-0.1, -0.05) is 12.1 Å². The molecule has 0 saturated heterocycles. The van der Waals surface area contributed by atoms with E-state index in [-0.39, 0.29) is 36.9 Å². The van der Waals surface area contributed by atoms with Crippen LogP contribution < -0.4 is 15.0 Å². The summed E-state index contributed by atoms with van der Waals surface area (Å²) < 4.78 is 47.3. The second kappa shape index (κ2) is 8.13. The third kappa shape index (κ3) is 4.37. The van der Waals surface area contributed by atoms with Crippen LogP contribution in [0.2, 0.25) is 0 Å². The highest BCUT2D eigenvalue weighted by Crippen LogP contribution is 2.36. The minimum Gasteiger partial charge on any atom is -0.482 e. The lowest BCUT2D eigenvalue weighted by Gasteiger charge is -2.29. The number of aromatic nitrogens is 2. The number of hydrogen-bond donors (Lipinski definition) is 1. The van der Waals surface area contributed by atoms with Gasteiger partial charge in [0.2, 0.25) is 5.91 Å². The van der Waals surface area contributed by atoms with Gasteiger partial charge in [0.25, 0.3) is 5.91 Å². The van der Waals surface area contributed by atoms with Gasteiger partial charge in [0.05, 0.1) is 22.6 Å². The average Bonchev–Trinajstić information content (AvgIpc) is 3.27. The highest BCUT2D eigenvalue weighted by atomic mass is 19.4. The van der Waals surface area contributed by atoms with Gasteiger partial charge in [-0.15, -0.1) is 0 Å². The number of amides is 2. The van der Waals surface area contributed by atoms with E-state index in [4.69, 9.17) is 4.74 Å². The summed E-state index contributed by atoms with van der Waals surface area (Å²) in [6, 6.07) is 12.0. The number of hydrogen-bond acceptors (Lipinski definition) is 4. The Morgan fingerprint density at radius 1 is 1.16 bits per heavy atom. The summed E-state index contributed by atoms with van der Waals surface area (Å²) in [7, 11) is 0. The molecule has 160 valence electrons. The van der Waals surface area contributed by atoms with Crippen LogP contribution in [0.5, 0.6) is 5.75 Å². The van der Waals surface area contributed by atoms with E-state index in [9.17, 15) is 22.8 Å². The molecule has 1 aliphatic heterocycles. The molecule has 2 heterocycles. The molecule has 0 saturated carbocycles. The first-order valence-electron chi connectivity index (χ1n) is 9.36. The summed E-state index contributed by atoms with van der Waals surface area (Å²) in [6.07, 6.45) is -1.89. The predicted molar refractivity (Wildman–Crippen MR) is 106 cm³/mol. The molecule has 1 N–H and O–H groups in total. The number of carbonyl (C=O) groups is 2. The first-order chi connectivity index (χ1) is 14.8. The zero-order valence-electron chi connectivity index (χ0n) is 16.1. The van der Waals surface area contributed by atoms with Crippen molar-refractivity contribution in [3.8, 4) is 11.4 Å². The van der Waals surface area contributed by atoms with E-state index in [0.29, 0.717) is 11.4 Å². The molecule has 2 aromatic carbocycles. The van der Waals surface area contributed by atoms with Crippen LogP contribution in [0.3, 0.4) is 0 Å². The largest absolute Gasteiger partial charge is 0.482 e. The molecule has 4 rings (SSSR count).